The van der Waals surface area contributed by atoms with Crippen LogP contribution in [0.2, 0.25) is 0 Å². The van der Waals surface area contributed by atoms with Gasteiger partial charge in [-0.15, -0.1) is 0 Å². The molecule has 4 rings (SSSR count). The van der Waals surface area contributed by atoms with Crippen molar-refractivity contribution in [2.24, 2.45) is 0 Å². The third-order valence-electron chi connectivity index (χ3n) is 3.30. The van der Waals surface area contributed by atoms with Gasteiger partial charge in [0, 0.05) is 28.1 Å². The molecule has 0 unspecified atom stereocenters. The Morgan fingerprint density at radius 1 is 1.10 bits per heavy atom. The van der Waals surface area contributed by atoms with Crippen LogP contribution in [-0.2, 0) is 0 Å². The van der Waals surface area contributed by atoms with Crippen molar-refractivity contribution in [3.8, 4) is 17.2 Å². The first-order valence-electron chi connectivity index (χ1n) is 6.05. The summed E-state index contributed by atoms with van der Waals surface area (Å²) in [6, 6.07) is 7.75. The minimum absolute atomic E-state index is 0.395. The summed E-state index contributed by atoms with van der Waals surface area (Å²) in [5, 5.41) is 10.9. The zero-order valence-electron chi connectivity index (χ0n) is 10.3. The summed E-state index contributed by atoms with van der Waals surface area (Å²) in [6.45, 7) is 0. The molecule has 0 fully saturated rings. The van der Waals surface area contributed by atoms with E-state index in [0.717, 1.165) is 33.1 Å². The Bertz CT molecular complexity index is 961. The highest BCUT2D eigenvalue weighted by Gasteiger charge is 2.09. The molecular weight excluding hydrogens is 252 g/mol. The van der Waals surface area contributed by atoms with Crippen molar-refractivity contribution in [3.05, 3.63) is 48.8 Å². The van der Waals surface area contributed by atoms with Crippen molar-refractivity contribution in [2.45, 2.75) is 0 Å². The van der Waals surface area contributed by atoms with E-state index in [-0.39, 0.29) is 0 Å². The topological polar surface area (TPSA) is 78.5 Å². The van der Waals surface area contributed by atoms with E-state index in [0.29, 0.717) is 5.69 Å². The van der Waals surface area contributed by atoms with Gasteiger partial charge < -0.3 is 9.40 Å². The van der Waals surface area contributed by atoms with Crippen LogP contribution in [0.15, 0.2) is 47.5 Å². The third kappa shape index (κ3) is 1.49. The lowest BCUT2D eigenvalue weighted by Crippen LogP contribution is -1.80. The average molecular weight is 260 g/mol. The fourth-order valence-electron chi connectivity index (χ4n) is 2.32. The summed E-state index contributed by atoms with van der Waals surface area (Å²) in [4.78, 5) is 11.7. The van der Waals surface area contributed by atoms with Crippen LogP contribution >= 0.6 is 0 Å². The Morgan fingerprint density at radius 2 is 2.05 bits per heavy atom. The first-order valence-corrected chi connectivity index (χ1v) is 6.05. The van der Waals surface area contributed by atoms with Gasteiger partial charge in [0.15, 0.2) is 0 Å². The minimum atomic E-state index is 0.395. The van der Waals surface area contributed by atoms with Gasteiger partial charge in [0.05, 0.1) is 24.2 Å². The molecule has 5 heteroatoms. The normalized spacial score (nSPS) is 10.9. The van der Waals surface area contributed by atoms with Gasteiger partial charge in [0.2, 0.25) is 0 Å². The Kier molecular flexibility index (Phi) is 2.12. The van der Waals surface area contributed by atoms with E-state index < -0.39 is 0 Å². The number of pyridine rings is 2. The van der Waals surface area contributed by atoms with Gasteiger partial charge >= 0.3 is 0 Å². The lowest BCUT2D eigenvalue weighted by molar-refractivity contribution is 0.568. The number of nitrogens with one attached hydrogen (secondary N) is 1. The smallest absolute Gasteiger partial charge is 0.141 e. The molecule has 0 radical (unpaired) electrons. The van der Waals surface area contributed by atoms with Crippen LogP contribution in [-0.4, -0.2) is 15.0 Å². The summed E-state index contributed by atoms with van der Waals surface area (Å²) in [5.74, 6) is 0. The number of furan rings is 1. The fourth-order valence-corrected chi connectivity index (χ4v) is 2.32. The molecule has 20 heavy (non-hydrogen) atoms. The zero-order chi connectivity index (χ0) is 13.5. The number of rotatable bonds is 1. The quantitative estimate of drug-likeness (QED) is 0.569. The Labute approximate surface area is 113 Å². The number of hydrogen-bond donors (Lipinski definition) is 1. The van der Waals surface area contributed by atoms with E-state index >= 15 is 0 Å². The van der Waals surface area contributed by atoms with Crippen LogP contribution in [0.3, 0.4) is 0 Å². The molecule has 0 bridgehead atoms. The van der Waals surface area contributed by atoms with Gasteiger partial charge in [-0.05, 0) is 18.2 Å². The number of nitrogens with zero attached hydrogens (tertiary/aromatic N) is 3. The molecule has 4 aromatic heterocycles. The van der Waals surface area contributed by atoms with Crippen molar-refractivity contribution in [1.82, 2.24) is 15.0 Å². The van der Waals surface area contributed by atoms with E-state index in [9.17, 15) is 0 Å². The van der Waals surface area contributed by atoms with Crippen molar-refractivity contribution in [3.63, 3.8) is 0 Å². The molecule has 0 saturated heterocycles. The molecule has 0 amide bonds. The van der Waals surface area contributed by atoms with E-state index in [1.807, 2.05) is 12.1 Å². The summed E-state index contributed by atoms with van der Waals surface area (Å²) < 4.78 is 5.10. The van der Waals surface area contributed by atoms with Gasteiger partial charge in [0.25, 0.3) is 0 Å². The number of fused-ring (bicyclic) bond motifs is 3. The van der Waals surface area contributed by atoms with Gasteiger partial charge in [-0.25, -0.2) is 9.97 Å². The molecule has 0 aliphatic rings. The summed E-state index contributed by atoms with van der Waals surface area (Å²) in [7, 11) is 0. The van der Waals surface area contributed by atoms with E-state index in [4.69, 9.17) is 9.68 Å². The molecular formula is C15H8N4O. The standard InChI is InChI=1S/C15H8N4O/c16-5-11-4-12-13-3-10(9-1-2-20-8-9)6-18-15(13)19-14(12)7-17-11/h1-4,6-8H,(H,18,19). The highest BCUT2D eigenvalue weighted by Crippen LogP contribution is 2.28. The Morgan fingerprint density at radius 3 is 2.85 bits per heavy atom. The first kappa shape index (κ1) is 10.8. The zero-order valence-corrected chi connectivity index (χ0v) is 10.3. The highest BCUT2D eigenvalue weighted by molar-refractivity contribution is 6.06. The predicted molar refractivity (Wildman–Crippen MR) is 73.8 cm³/mol. The van der Waals surface area contributed by atoms with Crippen LogP contribution in [0.1, 0.15) is 5.69 Å². The SMILES string of the molecule is N#Cc1cc2c(cn1)[nH]c1ncc(-c3ccoc3)cc12. The molecule has 0 spiro atoms. The molecule has 0 aromatic carbocycles. The van der Waals surface area contributed by atoms with Crippen molar-refractivity contribution in [2.75, 3.05) is 0 Å². The second kappa shape index (κ2) is 3.93. The third-order valence-corrected chi connectivity index (χ3v) is 3.30. The maximum absolute atomic E-state index is 8.96. The molecule has 0 aliphatic heterocycles. The molecule has 1 N–H and O–H groups in total. The molecule has 4 heterocycles. The fraction of sp³-hybridized carbons (Fsp3) is 0. The largest absolute Gasteiger partial charge is 0.472 e. The van der Waals surface area contributed by atoms with Crippen LogP contribution < -0.4 is 0 Å². The van der Waals surface area contributed by atoms with Crippen molar-refractivity contribution < 1.29 is 4.42 Å². The number of H-pyrrole nitrogens is 1. The maximum atomic E-state index is 8.96. The lowest BCUT2D eigenvalue weighted by atomic mass is 10.1. The van der Waals surface area contributed by atoms with Crippen LogP contribution in [0.5, 0.6) is 0 Å². The van der Waals surface area contributed by atoms with Crippen molar-refractivity contribution >= 4 is 21.9 Å². The second-order valence-electron chi connectivity index (χ2n) is 4.48. The molecule has 0 aliphatic carbocycles. The Balaban J connectivity index is 2.05. The van der Waals surface area contributed by atoms with E-state index in [2.05, 4.69) is 21.0 Å². The second-order valence-corrected chi connectivity index (χ2v) is 4.48. The van der Waals surface area contributed by atoms with Crippen molar-refractivity contribution in [1.29, 1.82) is 5.26 Å². The summed E-state index contributed by atoms with van der Waals surface area (Å²) >= 11 is 0. The predicted octanol–water partition coefficient (Wildman–Crippen LogP) is 3.24. The van der Waals surface area contributed by atoms with E-state index in [1.54, 1.807) is 31.0 Å². The molecule has 5 nitrogen and oxygen atoms in total. The Hall–Kier alpha value is -3.13. The van der Waals surface area contributed by atoms with E-state index in [1.165, 1.54) is 0 Å². The molecule has 0 saturated carbocycles. The van der Waals surface area contributed by atoms with Gasteiger partial charge in [-0.1, -0.05) is 0 Å². The monoisotopic (exact) mass is 260 g/mol. The first-order chi connectivity index (χ1) is 9.85. The number of nitriles is 1. The van der Waals surface area contributed by atoms with Gasteiger partial charge in [-0.3, -0.25) is 0 Å². The average Bonchev–Trinajstić information content (AvgIpc) is 3.13. The number of hydrogen-bond acceptors (Lipinski definition) is 4. The number of aromatic nitrogens is 3. The van der Waals surface area contributed by atoms with Crippen LogP contribution in [0.4, 0.5) is 0 Å². The maximum Gasteiger partial charge on any atom is 0.141 e. The van der Waals surface area contributed by atoms with Crippen LogP contribution in [0.25, 0.3) is 33.1 Å². The molecule has 94 valence electrons. The van der Waals surface area contributed by atoms with Gasteiger partial charge in [-0.2, -0.15) is 5.26 Å². The van der Waals surface area contributed by atoms with Crippen LogP contribution in [0, 0.1) is 11.3 Å². The summed E-state index contributed by atoms with van der Waals surface area (Å²) in [6.07, 6.45) is 6.76. The number of aromatic amines is 1. The lowest BCUT2D eigenvalue weighted by Gasteiger charge is -1.97. The molecule has 4 aromatic rings. The summed E-state index contributed by atoms with van der Waals surface area (Å²) in [5.41, 5.74) is 4.00. The highest BCUT2D eigenvalue weighted by atomic mass is 16.3. The van der Waals surface area contributed by atoms with Gasteiger partial charge in [0.1, 0.15) is 17.4 Å². The minimum Gasteiger partial charge on any atom is -0.472 e. The molecule has 0 atom stereocenters.